The smallest absolute Gasteiger partial charge is 0.326 e. The molecule has 17 heavy (non-hydrogen) atoms. The highest BCUT2D eigenvalue weighted by molar-refractivity contribution is 5.87. The van der Waals surface area contributed by atoms with Crippen molar-refractivity contribution in [3.8, 4) is 0 Å². The zero-order valence-electron chi connectivity index (χ0n) is 10.0. The molecule has 0 bridgehead atoms. The second-order valence-corrected chi connectivity index (χ2v) is 4.88. The van der Waals surface area contributed by atoms with E-state index in [-0.39, 0.29) is 11.9 Å². The number of hydrogen-bond donors (Lipinski definition) is 2. The monoisotopic (exact) mass is 240 g/mol. The fraction of sp³-hybridized carbons (Fsp3) is 0.833. The Balaban J connectivity index is 2.02. The molecular weight excluding hydrogens is 220 g/mol. The molecule has 96 valence electrons. The van der Waals surface area contributed by atoms with Crippen molar-refractivity contribution < 1.29 is 14.7 Å². The SMILES string of the molecule is O=C(O)[C@@H]1CCCCN1C(=O)[C@H]1CCCCN1. The first-order valence-electron chi connectivity index (χ1n) is 6.47. The van der Waals surface area contributed by atoms with E-state index in [9.17, 15) is 9.59 Å². The van der Waals surface area contributed by atoms with Gasteiger partial charge in [0.1, 0.15) is 6.04 Å². The molecule has 2 aliphatic heterocycles. The third-order valence-electron chi connectivity index (χ3n) is 3.68. The van der Waals surface area contributed by atoms with Gasteiger partial charge in [0, 0.05) is 6.54 Å². The summed E-state index contributed by atoms with van der Waals surface area (Å²) >= 11 is 0. The van der Waals surface area contributed by atoms with E-state index >= 15 is 0 Å². The Hall–Kier alpha value is -1.10. The molecule has 0 aromatic carbocycles. The second kappa shape index (κ2) is 5.49. The number of nitrogens with zero attached hydrogens (tertiary/aromatic N) is 1. The third-order valence-corrected chi connectivity index (χ3v) is 3.68. The van der Waals surface area contributed by atoms with E-state index in [0.29, 0.717) is 13.0 Å². The maximum atomic E-state index is 12.3. The number of carboxylic acid groups (broad SMARTS) is 1. The summed E-state index contributed by atoms with van der Waals surface area (Å²) in [5.74, 6) is -0.884. The molecule has 2 rings (SSSR count). The van der Waals surface area contributed by atoms with Crippen LogP contribution in [0.2, 0.25) is 0 Å². The number of carboxylic acids is 1. The van der Waals surface area contributed by atoms with E-state index in [4.69, 9.17) is 5.11 Å². The molecular formula is C12H20N2O3. The van der Waals surface area contributed by atoms with Crippen molar-refractivity contribution in [3.05, 3.63) is 0 Å². The second-order valence-electron chi connectivity index (χ2n) is 4.88. The quantitative estimate of drug-likeness (QED) is 0.741. The molecule has 0 aliphatic carbocycles. The van der Waals surface area contributed by atoms with E-state index in [1.54, 1.807) is 4.90 Å². The molecule has 2 N–H and O–H groups in total. The molecule has 5 heteroatoms. The van der Waals surface area contributed by atoms with Crippen LogP contribution >= 0.6 is 0 Å². The number of nitrogens with one attached hydrogen (secondary N) is 1. The molecule has 0 unspecified atom stereocenters. The van der Waals surface area contributed by atoms with Crippen LogP contribution in [0, 0.1) is 0 Å². The minimum absolute atomic E-state index is 0.0169. The fourth-order valence-corrected chi connectivity index (χ4v) is 2.71. The predicted molar refractivity (Wildman–Crippen MR) is 62.6 cm³/mol. The van der Waals surface area contributed by atoms with Gasteiger partial charge in [0.15, 0.2) is 0 Å². The number of amides is 1. The number of likely N-dealkylation sites (tertiary alicyclic amines) is 1. The summed E-state index contributed by atoms with van der Waals surface area (Å²) in [5, 5.41) is 12.3. The van der Waals surface area contributed by atoms with Crippen molar-refractivity contribution in [1.29, 1.82) is 0 Å². The van der Waals surface area contributed by atoms with Crippen LogP contribution in [0.1, 0.15) is 38.5 Å². The Bertz CT molecular complexity index is 300. The summed E-state index contributed by atoms with van der Waals surface area (Å²) in [7, 11) is 0. The van der Waals surface area contributed by atoms with E-state index in [0.717, 1.165) is 38.6 Å². The van der Waals surface area contributed by atoms with Crippen molar-refractivity contribution in [2.75, 3.05) is 13.1 Å². The predicted octanol–water partition coefficient (Wildman–Crippen LogP) is 0.594. The van der Waals surface area contributed by atoms with Gasteiger partial charge in [-0.2, -0.15) is 0 Å². The molecule has 2 saturated heterocycles. The van der Waals surface area contributed by atoms with Crippen molar-refractivity contribution in [3.63, 3.8) is 0 Å². The Morgan fingerprint density at radius 1 is 1.12 bits per heavy atom. The molecule has 2 heterocycles. The van der Waals surface area contributed by atoms with Gasteiger partial charge in [0.25, 0.3) is 0 Å². The zero-order chi connectivity index (χ0) is 12.3. The van der Waals surface area contributed by atoms with E-state index < -0.39 is 12.0 Å². The van der Waals surface area contributed by atoms with Gasteiger partial charge in [-0.05, 0) is 38.6 Å². The zero-order valence-corrected chi connectivity index (χ0v) is 10.0. The normalized spacial score (nSPS) is 30.0. The average Bonchev–Trinajstić information content (AvgIpc) is 2.39. The maximum Gasteiger partial charge on any atom is 0.326 e. The lowest BCUT2D eigenvalue weighted by Crippen LogP contribution is -2.55. The summed E-state index contributed by atoms with van der Waals surface area (Å²) in [6.45, 7) is 1.45. The highest BCUT2D eigenvalue weighted by atomic mass is 16.4. The molecule has 1 amide bonds. The van der Waals surface area contributed by atoms with Crippen molar-refractivity contribution >= 4 is 11.9 Å². The molecule has 0 aromatic rings. The first-order valence-corrected chi connectivity index (χ1v) is 6.47. The van der Waals surface area contributed by atoms with E-state index in [1.165, 1.54) is 0 Å². The fourth-order valence-electron chi connectivity index (χ4n) is 2.71. The third kappa shape index (κ3) is 2.77. The van der Waals surface area contributed by atoms with Gasteiger partial charge in [-0.3, -0.25) is 4.79 Å². The number of hydrogen-bond acceptors (Lipinski definition) is 3. The molecule has 0 aromatic heterocycles. The number of carbonyl (C=O) groups excluding carboxylic acids is 1. The van der Waals surface area contributed by atoms with Crippen LogP contribution in [0.4, 0.5) is 0 Å². The number of aliphatic carboxylic acids is 1. The van der Waals surface area contributed by atoms with Gasteiger partial charge in [0.2, 0.25) is 5.91 Å². The van der Waals surface area contributed by atoms with Crippen LogP contribution in [-0.4, -0.2) is 47.1 Å². The Kier molecular flexibility index (Phi) is 3.99. The first-order chi connectivity index (χ1) is 8.20. The molecule has 0 saturated carbocycles. The van der Waals surface area contributed by atoms with E-state index in [2.05, 4.69) is 5.32 Å². The van der Waals surface area contributed by atoms with Gasteiger partial charge in [-0.1, -0.05) is 6.42 Å². The van der Waals surface area contributed by atoms with Crippen molar-refractivity contribution in [2.24, 2.45) is 0 Å². The Morgan fingerprint density at radius 2 is 1.88 bits per heavy atom. The summed E-state index contributed by atoms with van der Waals surface area (Å²) < 4.78 is 0. The van der Waals surface area contributed by atoms with Gasteiger partial charge in [-0.15, -0.1) is 0 Å². The molecule has 2 atom stereocenters. The lowest BCUT2D eigenvalue weighted by atomic mass is 9.98. The molecule has 0 radical (unpaired) electrons. The minimum atomic E-state index is -0.867. The van der Waals surface area contributed by atoms with Crippen LogP contribution < -0.4 is 5.32 Å². The molecule has 0 spiro atoms. The van der Waals surface area contributed by atoms with Crippen molar-refractivity contribution in [1.82, 2.24) is 10.2 Å². The maximum absolute atomic E-state index is 12.3. The van der Waals surface area contributed by atoms with Crippen molar-refractivity contribution in [2.45, 2.75) is 50.6 Å². The summed E-state index contributed by atoms with van der Waals surface area (Å²) in [6.07, 6.45) is 5.40. The van der Waals surface area contributed by atoms with Gasteiger partial charge in [0.05, 0.1) is 6.04 Å². The highest BCUT2D eigenvalue weighted by Gasteiger charge is 2.35. The minimum Gasteiger partial charge on any atom is -0.480 e. The molecule has 2 fully saturated rings. The first kappa shape index (κ1) is 12.4. The summed E-state index contributed by atoms with van der Waals surface area (Å²) in [6, 6.07) is -0.774. The Labute approximate surface area is 101 Å². The lowest BCUT2D eigenvalue weighted by molar-refractivity contribution is -0.153. The van der Waals surface area contributed by atoms with Gasteiger partial charge in [-0.25, -0.2) is 4.79 Å². The van der Waals surface area contributed by atoms with Crippen LogP contribution in [0.5, 0.6) is 0 Å². The van der Waals surface area contributed by atoms with Crippen LogP contribution in [-0.2, 0) is 9.59 Å². The standard InChI is InChI=1S/C12H20N2O3/c15-11(9-5-1-3-7-13-9)14-8-4-2-6-10(14)12(16)17/h9-10,13H,1-8H2,(H,16,17)/t9-,10+/m1/s1. The topological polar surface area (TPSA) is 69.6 Å². The van der Waals surface area contributed by atoms with Crippen LogP contribution in [0.25, 0.3) is 0 Å². The number of piperidine rings is 2. The van der Waals surface area contributed by atoms with E-state index in [1.807, 2.05) is 0 Å². The van der Waals surface area contributed by atoms with Crippen LogP contribution in [0.3, 0.4) is 0 Å². The lowest BCUT2D eigenvalue weighted by Gasteiger charge is -2.36. The van der Waals surface area contributed by atoms with Gasteiger partial charge >= 0.3 is 5.97 Å². The molecule has 5 nitrogen and oxygen atoms in total. The van der Waals surface area contributed by atoms with Gasteiger partial charge < -0.3 is 15.3 Å². The largest absolute Gasteiger partial charge is 0.480 e. The van der Waals surface area contributed by atoms with Crippen LogP contribution in [0.15, 0.2) is 0 Å². The summed E-state index contributed by atoms with van der Waals surface area (Å²) in [5.41, 5.74) is 0. The number of rotatable bonds is 2. The molecule has 2 aliphatic rings. The number of carbonyl (C=O) groups is 2. The Morgan fingerprint density at radius 3 is 2.53 bits per heavy atom. The summed E-state index contributed by atoms with van der Waals surface area (Å²) in [4.78, 5) is 25.0. The average molecular weight is 240 g/mol. The highest BCUT2D eigenvalue weighted by Crippen LogP contribution is 2.20.